The lowest BCUT2D eigenvalue weighted by Gasteiger charge is -2.23. The highest BCUT2D eigenvalue weighted by atomic mass is 32.2. The Bertz CT molecular complexity index is 1290. The monoisotopic (exact) mass is 512 g/mol. The van der Waals surface area contributed by atoms with E-state index in [9.17, 15) is 30.8 Å². The zero-order valence-electron chi connectivity index (χ0n) is 17.8. The number of hydrogen-bond donors (Lipinski definition) is 0. The molecular weight excluding hydrogens is 492 g/mol. The van der Waals surface area contributed by atoms with E-state index in [0.29, 0.717) is 29.1 Å². The standard InChI is InChI=1S/C23H20F4N2O3S2/c24-17-3-1-4-18(13-17)34(31,32)29-12-2-5-20(29)21(30)10-11-22-28-19(14-33-22)15-6-8-16(9-7-15)23(25,26)27/h1,3-4,6-9,13-14,20H,2,5,10-12H2/t20-/m0/s1. The van der Waals surface area contributed by atoms with E-state index in [0.717, 1.165) is 28.6 Å². The van der Waals surface area contributed by atoms with Crippen LogP contribution in [-0.4, -0.2) is 36.1 Å². The van der Waals surface area contributed by atoms with E-state index in [1.165, 1.54) is 35.6 Å². The second-order valence-electron chi connectivity index (χ2n) is 7.90. The maximum atomic E-state index is 13.5. The minimum atomic E-state index is -4.41. The molecule has 1 aliphatic rings. The Morgan fingerprint density at radius 2 is 1.88 bits per heavy atom. The highest BCUT2D eigenvalue weighted by Gasteiger charge is 2.39. The molecule has 1 saturated heterocycles. The van der Waals surface area contributed by atoms with Gasteiger partial charge in [-0.2, -0.15) is 17.5 Å². The molecule has 180 valence electrons. The van der Waals surface area contributed by atoms with Crippen LogP contribution in [0, 0.1) is 5.82 Å². The topological polar surface area (TPSA) is 67.3 Å². The number of rotatable bonds is 7. The van der Waals surface area contributed by atoms with Crippen LogP contribution < -0.4 is 0 Å². The minimum absolute atomic E-state index is 0.0692. The SMILES string of the molecule is O=C(CCc1nc(-c2ccc(C(F)(F)F)cc2)cs1)[C@@H]1CCCN1S(=O)(=O)c1cccc(F)c1. The molecule has 2 heterocycles. The number of aromatic nitrogens is 1. The molecule has 3 aromatic rings. The predicted molar refractivity (Wildman–Crippen MR) is 119 cm³/mol. The summed E-state index contributed by atoms with van der Waals surface area (Å²) in [6.45, 7) is 0.185. The molecule has 11 heteroatoms. The Morgan fingerprint density at radius 1 is 1.15 bits per heavy atom. The summed E-state index contributed by atoms with van der Waals surface area (Å²) >= 11 is 1.28. The lowest BCUT2D eigenvalue weighted by Crippen LogP contribution is -2.40. The third-order valence-electron chi connectivity index (χ3n) is 5.62. The van der Waals surface area contributed by atoms with E-state index in [1.807, 2.05) is 0 Å². The highest BCUT2D eigenvalue weighted by molar-refractivity contribution is 7.89. The average molecular weight is 513 g/mol. The van der Waals surface area contributed by atoms with Gasteiger partial charge in [0.25, 0.3) is 0 Å². The molecule has 0 bridgehead atoms. The van der Waals surface area contributed by atoms with Gasteiger partial charge in [-0.15, -0.1) is 11.3 Å². The number of hydrogen-bond acceptors (Lipinski definition) is 5. The first-order chi connectivity index (χ1) is 16.1. The number of carbonyl (C=O) groups excluding carboxylic acids is 1. The van der Waals surface area contributed by atoms with Crippen molar-refractivity contribution in [2.45, 2.75) is 42.8 Å². The van der Waals surface area contributed by atoms with Gasteiger partial charge in [0.15, 0.2) is 5.78 Å². The zero-order chi connectivity index (χ0) is 24.5. The number of sulfonamides is 1. The van der Waals surface area contributed by atoms with Crippen LogP contribution >= 0.6 is 11.3 Å². The molecule has 4 rings (SSSR count). The number of ketones is 1. The van der Waals surface area contributed by atoms with Gasteiger partial charge in [0.1, 0.15) is 5.82 Å². The number of halogens is 4. The fourth-order valence-corrected chi connectivity index (χ4v) is 6.42. The van der Waals surface area contributed by atoms with Crippen LogP contribution in [0.1, 0.15) is 29.8 Å². The highest BCUT2D eigenvalue weighted by Crippen LogP contribution is 2.32. The summed E-state index contributed by atoms with van der Waals surface area (Å²) in [5.41, 5.74) is 0.300. The van der Waals surface area contributed by atoms with Gasteiger partial charge in [-0.25, -0.2) is 17.8 Å². The Kier molecular flexibility index (Phi) is 6.88. The Balaban J connectivity index is 1.41. The number of alkyl halides is 3. The summed E-state index contributed by atoms with van der Waals surface area (Å²) in [4.78, 5) is 17.1. The first-order valence-electron chi connectivity index (χ1n) is 10.5. The van der Waals surface area contributed by atoms with Gasteiger partial charge < -0.3 is 0 Å². The van der Waals surface area contributed by atoms with Crippen molar-refractivity contribution in [3.63, 3.8) is 0 Å². The zero-order valence-corrected chi connectivity index (χ0v) is 19.4. The van der Waals surface area contributed by atoms with Crippen molar-refractivity contribution in [3.05, 3.63) is 70.3 Å². The summed E-state index contributed by atoms with van der Waals surface area (Å²) < 4.78 is 78.8. The van der Waals surface area contributed by atoms with Crippen molar-refractivity contribution in [2.24, 2.45) is 0 Å². The third kappa shape index (κ3) is 5.21. The third-order valence-corrected chi connectivity index (χ3v) is 8.44. The largest absolute Gasteiger partial charge is 0.416 e. The molecule has 0 N–H and O–H groups in total. The Hall–Kier alpha value is -2.63. The van der Waals surface area contributed by atoms with Gasteiger partial charge in [-0.3, -0.25) is 4.79 Å². The summed E-state index contributed by atoms with van der Waals surface area (Å²) in [6.07, 6.45) is -3.14. The Morgan fingerprint density at radius 3 is 2.56 bits per heavy atom. The number of Topliss-reactive ketones (excluding diaryl/α,β-unsaturated/α-hetero) is 1. The fraction of sp³-hybridized carbons (Fsp3) is 0.304. The van der Waals surface area contributed by atoms with E-state index in [2.05, 4.69) is 4.98 Å². The van der Waals surface area contributed by atoms with Crippen molar-refractivity contribution >= 4 is 27.1 Å². The van der Waals surface area contributed by atoms with Crippen LogP contribution in [0.25, 0.3) is 11.3 Å². The smallest absolute Gasteiger partial charge is 0.298 e. The number of nitrogens with zero attached hydrogens (tertiary/aromatic N) is 2. The molecule has 0 saturated carbocycles. The van der Waals surface area contributed by atoms with Crippen molar-refractivity contribution in [2.75, 3.05) is 6.54 Å². The second-order valence-corrected chi connectivity index (χ2v) is 10.7. The fourth-order valence-electron chi connectivity index (χ4n) is 3.90. The molecular formula is C23H20F4N2O3S2. The van der Waals surface area contributed by atoms with Crippen molar-refractivity contribution < 1.29 is 30.8 Å². The first kappa shape index (κ1) is 24.5. The van der Waals surface area contributed by atoms with Crippen molar-refractivity contribution in [1.82, 2.24) is 9.29 Å². The van der Waals surface area contributed by atoms with Crippen LogP contribution in [0.2, 0.25) is 0 Å². The molecule has 2 aromatic carbocycles. The van der Waals surface area contributed by atoms with Crippen molar-refractivity contribution in [1.29, 1.82) is 0 Å². The summed E-state index contributed by atoms with van der Waals surface area (Å²) in [6, 6.07) is 8.56. The maximum absolute atomic E-state index is 13.5. The maximum Gasteiger partial charge on any atom is 0.416 e. The van der Waals surface area contributed by atoms with Crippen molar-refractivity contribution in [3.8, 4) is 11.3 Å². The molecule has 1 aromatic heterocycles. The van der Waals surface area contributed by atoms with Gasteiger partial charge in [0.2, 0.25) is 10.0 Å². The van der Waals surface area contributed by atoms with Gasteiger partial charge in [-0.05, 0) is 43.2 Å². The average Bonchev–Trinajstić information content (AvgIpc) is 3.47. The lowest BCUT2D eigenvalue weighted by atomic mass is 10.1. The van der Waals surface area contributed by atoms with Gasteiger partial charge in [-0.1, -0.05) is 18.2 Å². The second kappa shape index (κ2) is 9.55. The van der Waals surface area contributed by atoms with E-state index in [1.54, 1.807) is 5.38 Å². The number of carbonyl (C=O) groups is 1. The van der Waals surface area contributed by atoms with Gasteiger partial charge in [0.05, 0.1) is 27.2 Å². The van der Waals surface area contributed by atoms with E-state index in [4.69, 9.17) is 0 Å². The predicted octanol–water partition coefficient (Wildman–Crippen LogP) is 5.32. The van der Waals surface area contributed by atoms with E-state index < -0.39 is 33.6 Å². The molecule has 1 aliphatic heterocycles. The Labute approximate surface area is 198 Å². The first-order valence-corrected chi connectivity index (χ1v) is 12.8. The van der Waals surface area contributed by atoms with Gasteiger partial charge in [0, 0.05) is 30.3 Å². The molecule has 0 unspecified atom stereocenters. The number of benzene rings is 2. The molecule has 0 spiro atoms. The molecule has 34 heavy (non-hydrogen) atoms. The van der Waals surface area contributed by atoms with Gasteiger partial charge >= 0.3 is 6.18 Å². The van der Waals surface area contributed by atoms with Crippen LogP contribution in [0.4, 0.5) is 17.6 Å². The summed E-state index contributed by atoms with van der Waals surface area (Å²) in [5.74, 6) is -0.917. The normalized spacial score (nSPS) is 17.2. The van der Waals surface area contributed by atoms with E-state index in [-0.39, 0.29) is 30.1 Å². The van der Waals surface area contributed by atoms with Crippen LogP contribution in [0.3, 0.4) is 0 Å². The molecule has 1 atom stereocenters. The van der Waals surface area contributed by atoms with Crippen LogP contribution in [-0.2, 0) is 27.4 Å². The summed E-state index contributed by atoms with van der Waals surface area (Å²) in [7, 11) is -4.00. The lowest BCUT2D eigenvalue weighted by molar-refractivity contribution is -0.137. The number of aryl methyl sites for hydroxylation is 1. The molecule has 0 aliphatic carbocycles. The molecule has 0 amide bonds. The minimum Gasteiger partial charge on any atom is -0.298 e. The quantitative estimate of drug-likeness (QED) is 0.402. The van der Waals surface area contributed by atoms with E-state index >= 15 is 0 Å². The van der Waals surface area contributed by atoms with Crippen LogP contribution in [0.5, 0.6) is 0 Å². The molecule has 1 fully saturated rings. The summed E-state index contributed by atoms with van der Waals surface area (Å²) in [5, 5.41) is 2.33. The number of thiazole rings is 1. The molecule has 0 radical (unpaired) electrons. The van der Waals surface area contributed by atoms with Crippen LogP contribution in [0.15, 0.2) is 58.8 Å². The molecule has 5 nitrogen and oxygen atoms in total.